The molecule has 1 atom stereocenters. The number of esters is 2. The highest BCUT2D eigenvalue weighted by molar-refractivity contribution is 6.34. The summed E-state index contributed by atoms with van der Waals surface area (Å²) in [5.74, 6) is -0.132. The lowest BCUT2D eigenvalue weighted by Gasteiger charge is -2.32. The standard InChI is InChI=1S/C20H27ClN2O6/c1-3-26-16(24)6-9-23-7-4-13(5-8-23)29-20(25)14-10-15(21)17(22)19-18(14)27-11-12(2)28-19/h10,12-13H,3-9,11,22H2,1-2H3. The van der Waals surface area contributed by atoms with Gasteiger partial charge in [-0.1, -0.05) is 11.6 Å². The molecule has 9 heteroatoms. The zero-order chi connectivity index (χ0) is 21.0. The molecular weight excluding hydrogens is 400 g/mol. The second-order valence-electron chi connectivity index (χ2n) is 7.22. The molecule has 1 fully saturated rings. The number of carbonyl (C=O) groups excluding carboxylic acids is 2. The van der Waals surface area contributed by atoms with Crippen LogP contribution in [-0.2, 0) is 14.3 Å². The maximum Gasteiger partial charge on any atom is 0.342 e. The van der Waals surface area contributed by atoms with Crippen LogP contribution in [0.3, 0.4) is 0 Å². The maximum absolute atomic E-state index is 12.8. The van der Waals surface area contributed by atoms with E-state index in [-0.39, 0.29) is 45.9 Å². The maximum atomic E-state index is 12.8. The molecule has 29 heavy (non-hydrogen) atoms. The largest absolute Gasteiger partial charge is 0.485 e. The molecule has 2 N–H and O–H groups in total. The molecule has 0 bridgehead atoms. The quantitative estimate of drug-likeness (QED) is 0.547. The molecule has 0 aliphatic carbocycles. The second-order valence-corrected chi connectivity index (χ2v) is 7.63. The van der Waals surface area contributed by atoms with Crippen LogP contribution >= 0.6 is 11.6 Å². The number of nitrogens with zero attached hydrogens (tertiary/aromatic N) is 1. The van der Waals surface area contributed by atoms with Crippen LogP contribution < -0.4 is 15.2 Å². The first-order chi connectivity index (χ1) is 13.9. The number of benzene rings is 1. The molecule has 2 heterocycles. The van der Waals surface area contributed by atoms with Crippen molar-refractivity contribution < 1.29 is 28.5 Å². The molecule has 0 amide bonds. The Bertz CT molecular complexity index is 764. The van der Waals surface area contributed by atoms with E-state index in [0.717, 1.165) is 13.1 Å². The lowest BCUT2D eigenvalue weighted by Crippen LogP contribution is -2.39. The van der Waals surface area contributed by atoms with Gasteiger partial charge in [0.1, 0.15) is 24.4 Å². The van der Waals surface area contributed by atoms with Gasteiger partial charge in [-0.05, 0) is 32.8 Å². The average Bonchev–Trinajstić information content (AvgIpc) is 2.70. The number of carbonyl (C=O) groups is 2. The van der Waals surface area contributed by atoms with Crippen molar-refractivity contribution in [1.29, 1.82) is 0 Å². The van der Waals surface area contributed by atoms with Crippen molar-refractivity contribution in [2.75, 3.05) is 38.6 Å². The van der Waals surface area contributed by atoms with E-state index in [9.17, 15) is 9.59 Å². The predicted octanol–water partition coefficient (Wildman–Crippen LogP) is 2.66. The highest BCUT2D eigenvalue weighted by Crippen LogP contribution is 2.44. The molecule has 2 aliphatic rings. The molecule has 0 spiro atoms. The molecule has 8 nitrogen and oxygen atoms in total. The smallest absolute Gasteiger partial charge is 0.342 e. The van der Waals surface area contributed by atoms with Crippen molar-refractivity contribution >= 4 is 29.2 Å². The van der Waals surface area contributed by atoms with Gasteiger partial charge in [0.05, 0.1) is 23.7 Å². The summed E-state index contributed by atoms with van der Waals surface area (Å²) in [6.45, 7) is 6.47. The number of likely N-dealkylation sites (tertiary alicyclic amines) is 1. The third kappa shape index (κ3) is 5.25. The SMILES string of the molecule is CCOC(=O)CCN1CCC(OC(=O)c2cc(Cl)c(N)c3c2OCC(C)O3)CC1. The first-order valence-electron chi connectivity index (χ1n) is 9.89. The van der Waals surface area contributed by atoms with Gasteiger partial charge in [-0.2, -0.15) is 0 Å². The molecule has 0 aromatic heterocycles. The van der Waals surface area contributed by atoms with E-state index in [4.69, 9.17) is 36.3 Å². The third-order valence-corrected chi connectivity index (χ3v) is 5.28. The summed E-state index contributed by atoms with van der Waals surface area (Å²) >= 11 is 6.17. The Balaban J connectivity index is 1.57. The van der Waals surface area contributed by atoms with Crippen LogP contribution in [0.4, 0.5) is 5.69 Å². The second kappa shape index (κ2) is 9.54. The molecule has 2 aliphatic heterocycles. The molecule has 1 aromatic carbocycles. The number of fused-ring (bicyclic) bond motifs is 1. The van der Waals surface area contributed by atoms with Crippen LogP contribution in [0, 0.1) is 0 Å². The molecule has 1 unspecified atom stereocenters. The summed E-state index contributed by atoms with van der Waals surface area (Å²) in [7, 11) is 0. The fourth-order valence-corrected chi connectivity index (χ4v) is 3.61. The van der Waals surface area contributed by atoms with E-state index < -0.39 is 5.97 Å². The first kappa shape index (κ1) is 21.5. The number of halogens is 1. The minimum Gasteiger partial charge on any atom is -0.485 e. The lowest BCUT2D eigenvalue weighted by atomic mass is 10.1. The van der Waals surface area contributed by atoms with Gasteiger partial charge in [-0.25, -0.2) is 4.79 Å². The highest BCUT2D eigenvalue weighted by Gasteiger charge is 2.30. The summed E-state index contributed by atoms with van der Waals surface area (Å²) < 4.78 is 22.0. The Labute approximate surface area is 175 Å². The molecule has 160 valence electrons. The minimum absolute atomic E-state index is 0.189. The summed E-state index contributed by atoms with van der Waals surface area (Å²) in [5, 5.41) is 0.224. The molecular formula is C20H27ClN2O6. The van der Waals surface area contributed by atoms with Crippen molar-refractivity contribution in [2.45, 2.75) is 45.3 Å². The van der Waals surface area contributed by atoms with Crippen LogP contribution in [0.15, 0.2) is 6.07 Å². The summed E-state index contributed by atoms with van der Waals surface area (Å²) in [6, 6.07) is 1.46. The van der Waals surface area contributed by atoms with Crippen LogP contribution in [-0.4, -0.2) is 61.9 Å². The van der Waals surface area contributed by atoms with E-state index in [0.29, 0.717) is 39.0 Å². The Hall–Kier alpha value is -2.19. The fourth-order valence-electron chi connectivity index (χ4n) is 3.42. The van der Waals surface area contributed by atoms with Crippen molar-refractivity contribution in [3.8, 4) is 11.5 Å². The highest BCUT2D eigenvalue weighted by atomic mass is 35.5. The number of nitrogen functional groups attached to an aromatic ring is 1. The van der Waals surface area contributed by atoms with Crippen molar-refractivity contribution in [3.63, 3.8) is 0 Å². The predicted molar refractivity (Wildman–Crippen MR) is 108 cm³/mol. The Morgan fingerprint density at radius 2 is 2.03 bits per heavy atom. The third-order valence-electron chi connectivity index (χ3n) is 4.97. The van der Waals surface area contributed by atoms with E-state index in [1.807, 2.05) is 6.92 Å². The van der Waals surface area contributed by atoms with E-state index in [1.165, 1.54) is 6.07 Å². The van der Waals surface area contributed by atoms with Crippen molar-refractivity contribution in [2.24, 2.45) is 0 Å². The van der Waals surface area contributed by atoms with Gasteiger partial charge in [0.15, 0.2) is 11.5 Å². The Kier molecular flexibility index (Phi) is 7.08. The Morgan fingerprint density at radius 1 is 1.31 bits per heavy atom. The number of ether oxygens (including phenoxy) is 4. The van der Waals surface area contributed by atoms with Crippen LogP contribution in [0.5, 0.6) is 11.5 Å². The number of hydrogen-bond acceptors (Lipinski definition) is 8. The van der Waals surface area contributed by atoms with Crippen LogP contribution in [0.1, 0.15) is 43.5 Å². The monoisotopic (exact) mass is 426 g/mol. The summed E-state index contributed by atoms with van der Waals surface area (Å²) in [5.41, 5.74) is 6.44. The van der Waals surface area contributed by atoms with Gasteiger partial charge in [0, 0.05) is 19.6 Å². The first-order valence-corrected chi connectivity index (χ1v) is 10.3. The van der Waals surface area contributed by atoms with Crippen LogP contribution in [0.2, 0.25) is 5.02 Å². The van der Waals surface area contributed by atoms with Crippen molar-refractivity contribution in [3.05, 3.63) is 16.7 Å². The molecule has 0 radical (unpaired) electrons. The topological polar surface area (TPSA) is 100 Å². The molecule has 3 rings (SSSR count). The zero-order valence-electron chi connectivity index (χ0n) is 16.7. The average molecular weight is 427 g/mol. The van der Waals surface area contributed by atoms with Crippen molar-refractivity contribution in [1.82, 2.24) is 4.90 Å². The number of rotatable bonds is 6. The van der Waals surface area contributed by atoms with Gasteiger partial charge in [0.2, 0.25) is 0 Å². The minimum atomic E-state index is -0.508. The fraction of sp³-hybridized carbons (Fsp3) is 0.600. The van der Waals surface area contributed by atoms with Gasteiger partial charge in [0.25, 0.3) is 0 Å². The number of piperidine rings is 1. The van der Waals surface area contributed by atoms with Gasteiger partial charge in [-0.3, -0.25) is 4.79 Å². The lowest BCUT2D eigenvalue weighted by molar-refractivity contribution is -0.143. The van der Waals surface area contributed by atoms with Gasteiger partial charge < -0.3 is 29.6 Å². The summed E-state index contributed by atoms with van der Waals surface area (Å²) in [4.78, 5) is 26.4. The van der Waals surface area contributed by atoms with Gasteiger partial charge in [-0.15, -0.1) is 0 Å². The number of nitrogens with two attached hydrogens (primary N) is 1. The molecule has 1 aromatic rings. The number of hydrogen-bond donors (Lipinski definition) is 1. The normalized spacial score (nSPS) is 19.6. The van der Waals surface area contributed by atoms with E-state index in [1.54, 1.807) is 6.92 Å². The molecule has 0 saturated carbocycles. The molecule has 1 saturated heterocycles. The van der Waals surface area contributed by atoms with E-state index >= 15 is 0 Å². The Morgan fingerprint density at radius 3 is 2.72 bits per heavy atom. The van der Waals surface area contributed by atoms with E-state index in [2.05, 4.69) is 4.90 Å². The number of anilines is 1. The zero-order valence-corrected chi connectivity index (χ0v) is 17.5. The summed E-state index contributed by atoms with van der Waals surface area (Å²) in [6.07, 6.45) is 1.34. The van der Waals surface area contributed by atoms with Crippen LogP contribution in [0.25, 0.3) is 0 Å². The van der Waals surface area contributed by atoms with Gasteiger partial charge >= 0.3 is 11.9 Å².